The summed E-state index contributed by atoms with van der Waals surface area (Å²) in [6, 6.07) is 18.0. The lowest BCUT2D eigenvalue weighted by Crippen LogP contribution is -2.30. The molecule has 7 nitrogen and oxygen atoms in total. The molecule has 0 spiro atoms. The van der Waals surface area contributed by atoms with Crippen LogP contribution in [-0.2, 0) is 22.4 Å². The molecule has 1 saturated carbocycles. The molecular formula is C26H26N4O3S. The van der Waals surface area contributed by atoms with Gasteiger partial charge in [-0.15, -0.1) is 11.3 Å². The second-order valence-electron chi connectivity index (χ2n) is 8.42. The molecule has 174 valence electrons. The molecule has 0 saturated heterocycles. The quantitative estimate of drug-likeness (QED) is 0.368. The zero-order valence-electron chi connectivity index (χ0n) is 18.7. The average molecular weight is 475 g/mol. The van der Waals surface area contributed by atoms with Crippen molar-refractivity contribution in [3.8, 4) is 17.0 Å². The van der Waals surface area contributed by atoms with Crippen LogP contribution in [0.25, 0.3) is 16.2 Å². The molecule has 1 aliphatic rings. The Bertz CT molecular complexity index is 1280. The largest absolute Gasteiger partial charge is 0.484 e. The van der Waals surface area contributed by atoms with E-state index in [9.17, 15) is 9.59 Å². The van der Waals surface area contributed by atoms with Crippen LogP contribution in [0.1, 0.15) is 24.1 Å². The summed E-state index contributed by atoms with van der Waals surface area (Å²) in [4.78, 5) is 29.8. The minimum Gasteiger partial charge on any atom is -0.484 e. The van der Waals surface area contributed by atoms with Gasteiger partial charge in [-0.2, -0.15) is 0 Å². The van der Waals surface area contributed by atoms with E-state index >= 15 is 0 Å². The van der Waals surface area contributed by atoms with E-state index in [0.29, 0.717) is 24.8 Å². The van der Waals surface area contributed by atoms with Gasteiger partial charge in [0.05, 0.1) is 12.1 Å². The maximum Gasteiger partial charge on any atom is 0.258 e. The van der Waals surface area contributed by atoms with Crippen LogP contribution in [0.5, 0.6) is 5.75 Å². The lowest BCUT2D eigenvalue weighted by Gasteiger charge is -2.08. The third-order valence-corrected chi connectivity index (χ3v) is 6.55. The summed E-state index contributed by atoms with van der Waals surface area (Å²) in [6.45, 7) is 0.584. The number of hydrogen-bond donors (Lipinski definition) is 2. The van der Waals surface area contributed by atoms with E-state index in [1.807, 2.05) is 70.6 Å². The maximum absolute atomic E-state index is 12.5. The summed E-state index contributed by atoms with van der Waals surface area (Å²) in [5, 5.41) is 7.89. The Morgan fingerprint density at radius 1 is 1.06 bits per heavy atom. The Morgan fingerprint density at radius 2 is 1.85 bits per heavy atom. The molecule has 0 unspecified atom stereocenters. The number of benzene rings is 2. The molecule has 2 N–H and O–H groups in total. The van der Waals surface area contributed by atoms with Crippen molar-refractivity contribution in [2.24, 2.45) is 0 Å². The molecule has 2 heterocycles. The number of thiazole rings is 1. The van der Waals surface area contributed by atoms with Gasteiger partial charge in [-0.1, -0.05) is 42.5 Å². The molecule has 2 aromatic carbocycles. The van der Waals surface area contributed by atoms with E-state index in [1.165, 1.54) is 11.3 Å². The topological polar surface area (TPSA) is 84.7 Å². The summed E-state index contributed by atoms with van der Waals surface area (Å²) in [5.74, 6) is 0.566. The number of aromatic nitrogens is 2. The first-order chi connectivity index (χ1) is 16.6. The van der Waals surface area contributed by atoms with Gasteiger partial charge < -0.3 is 15.4 Å². The number of ether oxygens (including phenoxy) is 1. The third-order valence-electron chi connectivity index (χ3n) is 5.67. The second kappa shape index (κ2) is 10.1. The van der Waals surface area contributed by atoms with Crippen molar-refractivity contribution in [2.75, 3.05) is 13.2 Å². The zero-order chi connectivity index (χ0) is 23.3. The highest BCUT2D eigenvalue weighted by atomic mass is 32.1. The Hall–Kier alpha value is -3.65. The third kappa shape index (κ3) is 5.63. The zero-order valence-corrected chi connectivity index (χ0v) is 19.5. The minimum atomic E-state index is -0.0795. The van der Waals surface area contributed by atoms with Crippen LogP contribution in [0, 0.1) is 0 Å². The van der Waals surface area contributed by atoms with Gasteiger partial charge >= 0.3 is 0 Å². The first-order valence-corrected chi connectivity index (χ1v) is 12.3. The number of nitrogens with zero attached hydrogens (tertiary/aromatic N) is 2. The number of nitrogens with one attached hydrogen (secondary N) is 2. The van der Waals surface area contributed by atoms with Gasteiger partial charge in [-0.05, 0) is 37.0 Å². The van der Waals surface area contributed by atoms with Crippen LogP contribution in [0.15, 0.2) is 66.2 Å². The number of rotatable bonds is 10. The first kappa shape index (κ1) is 22.2. The van der Waals surface area contributed by atoms with Crippen LogP contribution in [-0.4, -0.2) is 40.4 Å². The molecule has 4 aromatic rings. The van der Waals surface area contributed by atoms with E-state index in [1.54, 1.807) is 0 Å². The number of imidazole rings is 1. The minimum absolute atomic E-state index is 0.0173. The highest BCUT2D eigenvalue weighted by Gasteiger charge is 2.23. The fourth-order valence-electron chi connectivity index (χ4n) is 3.68. The molecule has 0 radical (unpaired) electrons. The van der Waals surface area contributed by atoms with Crippen molar-refractivity contribution in [1.29, 1.82) is 0 Å². The predicted molar refractivity (Wildman–Crippen MR) is 132 cm³/mol. The molecule has 5 rings (SSSR count). The van der Waals surface area contributed by atoms with Crippen molar-refractivity contribution >= 4 is 28.1 Å². The lowest BCUT2D eigenvalue weighted by molar-refractivity contribution is -0.123. The molecule has 0 bridgehead atoms. The average Bonchev–Trinajstić information content (AvgIpc) is 3.44. The van der Waals surface area contributed by atoms with E-state index in [-0.39, 0.29) is 18.4 Å². The van der Waals surface area contributed by atoms with Crippen LogP contribution >= 0.6 is 11.3 Å². The number of carbonyl (C=O) groups is 2. The number of fused-ring (bicyclic) bond motifs is 1. The number of amides is 2. The molecule has 0 atom stereocenters. The van der Waals surface area contributed by atoms with Crippen LogP contribution in [0.4, 0.5) is 0 Å². The van der Waals surface area contributed by atoms with E-state index in [0.717, 1.165) is 46.7 Å². The Kier molecular flexibility index (Phi) is 6.58. The normalized spacial score (nSPS) is 13.1. The standard InChI is InChI=1S/C26H26N4O3S/c31-24(14-21-17-34-26-29-23(15-30(21)26)19-4-2-1-3-5-19)27-13-12-18-6-10-22(11-7-18)33-16-25(32)28-20-8-9-20/h1-7,10-11,15,17,20H,8-9,12-14,16H2,(H,27,31)(H,28,32). The van der Waals surface area contributed by atoms with E-state index < -0.39 is 0 Å². The molecule has 1 fully saturated rings. The summed E-state index contributed by atoms with van der Waals surface area (Å²) < 4.78 is 7.53. The summed E-state index contributed by atoms with van der Waals surface area (Å²) in [5.41, 5.74) is 3.99. The van der Waals surface area contributed by atoms with Gasteiger partial charge in [0.1, 0.15) is 5.75 Å². The summed E-state index contributed by atoms with van der Waals surface area (Å²) in [6.07, 6.45) is 5.14. The van der Waals surface area contributed by atoms with Gasteiger partial charge in [-0.25, -0.2) is 4.98 Å². The number of hydrogen-bond acceptors (Lipinski definition) is 5. The van der Waals surface area contributed by atoms with Crippen molar-refractivity contribution < 1.29 is 14.3 Å². The van der Waals surface area contributed by atoms with Gasteiger partial charge in [0.2, 0.25) is 5.91 Å². The molecule has 1 aliphatic carbocycles. The Labute approximate surface area is 201 Å². The van der Waals surface area contributed by atoms with Crippen molar-refractivity contribution in [3.63, 3.8) is 0 Å². The second-order valence-corrected chi connectivity index (χ2v) is 9.26. The lowest BCUT2D eigenvalue weighted by atomic mass is 10.1. The molecule has 2 amide bonds. The van der Waals surface area contributed by atoms with Gasteiger partial charge in [0.15, 0.2) is 11.6 Å². The smallest absolute Gasteiger partial charge is 0.258 e. The fourth-order valence-corrected chi connectivity index (χ4v) is 4.55. The summed E-state index contributed by atoms with van der Waals surface area (Å²) >= 11 is 1.54. The maximum atomic E-state index is 12.5. The SMILES string of the molecule is O=C(Cc1csc2nc(-c3ccccc3)cn12)NCCc1ccc(OCC(=O)NC2CC2)cc1. The van der Waals surface area contributed by atoms with E-state index in [2.05, 4.69) is 15.6 Å². The fraction of sp³-hybridized carbons (Fsp3) is 0.269. The van der Waals surface area contributed by atoms with Crippen molar-refractivity contribution in [1.82, 2.24) is 20.0 Å². The molecule has 34 heavy (non-hydrogen) atoms. The predicted octanol–water partition coefficient (Wildman–Crippen LogP) is 3.62. The Morgan fingerprint density at radius 3 is 2.62 bits per heavy atom. The first-order valence-electron chi connectivity index (χ1n) is 11.4. The number of carbonyl (C=O) groups excluding carboxylic acids is 2. The molecule has 2 aromatic heterocycles. The van der Waals surface area contributed by atoms with E-state index in [4.69, 9.17) is 4.74 Å². The Balaban J connectivity index is 1.08. The highest BCUT2D eigenvalue weighted by Crippen LogP contribution is 2.24. The van der Waals surface area contributed by atoms with Crippen molar-refractivity contribution in [2.45, 2.75) is 31.7 Å². The molecule has 8 heteroatoms. The van der Waals surface area contributed by atoms with Gasteiger partial charge in [-0.3, -0.25) is 14.0 Å². The van der Waals surface area contributed by atoms with Crippen LogP contribution in [0.3, 0.4) is 0 Å². The summed E-state index contributed by atoms with van der Waals surface area (Å²) in [7, 11) is 0. The molecule has 0 aliphatic heterocycles. The van der Waals surface area contributed by atoms with Crippen LogP contribution < -0.4 is 15.4 Å². The highest BCUT2D eigenvalue weighted by molar-refractivity contribution is 7.15. The van der Waals surface area contributed by atoms with Gasteiger partial charge in [0.25, 0.3) is 5.91 Å². The van der Waals surface area contributed by atoms with Crippen LogP contribution in [0.2, 0.25) is 0 Å². The van der Waals surface area contributed by atoms with Gasteiger partial charge in [0, 0.05) is 35.4 Å². The van der Waals surface area contributed by atoms with Crippen molar-refractivity contribution in [3.05, 3.63) is 77.4 Å². The molecular weight excluding hydrogens is 448 g/mol. The monoisotopic (exact) mass is 474 g/mol.